The molecule has 0 atom stereocenters. The fraction of sp³-hybridized carbons (Fsp3) is 0.154. The molecule has 0 fully saturated rings. The summed E-state index contributed by atoms with van der Waals surface area (Å²) in [6.45, 7) is 0.570. The molecule has 2 heterocycles. The van der Waals surface area contributed by atoms with Crippen LogP contribution in [0.3, 0.4) is 0 Å². The summed E-state index contributed by atoms with van der Waals surface area (Å²) >= 11 is 0. The van der Waals surface area contributed by atoms with Crippen molar-refractivity contribution in [1.29, 1.82) is 5.26 Å². The zero-order chi connectivity index (χ0) is 25.7. The number of para-hydroxylation sites is 1. The normalized spacial score (nSPS) is 11.1. The molecule has 36 heavy (non-hydrogen) atoms. The number of ether oxygens (including phenoxy) is 1. The third-order valence-corrected chi connectivity index (χ3v) is 5.29. The zero-order valence-electron chi connectivity index (χ0n) is 20.0. The molecule has 2 aromatic heterocycles. The first-order chi connectivity index (χ1) is 17.4. The number of aromatic nitrogens is 3. The minimum absolute atomic E-state index is 0.0386. The van der Waals surface area contributed by atoms with E-state index < -0.39 is 11.7 Å². The molecule has 0 bridgehead atoms. The van der Waals surface area contributed by atoms with Crippen molar-refractivity contribution in [3.8, 4) is 23.1 Å². The summed E-state index contributed by atoms with van der Waals surface area (Å²) in [5.74, 6) is -0.771. The number of nitriles is 1. The Morgan fingerprint density at radius 1 is 1.28 bits per heavy atom. The van der Waals surface area contributed by atoms with Crippen LogP contribution in [-0.4, -0.2) is 53.5 Å². The lowest BCUT2D eigenvalue weighted by atomic mass is 10.1. The summed E-state index contributed by atoms with van der Waals surface area (Å²) in [6.07, 6.45) is 6.22. The first kappa shape index (κ1) is 24.4. The van der Waals surface area contributed by atoms with Gasteiger partial charge in [-0.1, -0.05) is 24.3 Å². The molecule has 0 radical (unpaired) electrons. The van der Waals surface area contributed by atoms with Gasteiger partial charge in [-0.2, -0.15) is 5.26 Å². The number of nitrogens with zero attached hydrogens (tertiary/aromatic N) is 4. The molecule has 0 unspecified atom stereocenters. The van der Waals surface area contributed by atoms with E-state index in [2.05, 4.69) is 31.7 Å². The second-order valence-corrected chi connectivity index (χ2v) is 8.13. The Morgan fingerprint density at radius 3 is 2.83 bits per heavy atom. The van der Waals surface area contributed by atoms with E-state index in [9.17, 15) is 14.4 Å². The maximum absolute atomic E-state index is 14.6. The number of halogens is 1. The number of anilines is 3. The number of H-pyrrole nitrogens is 1. The molecule has 1 amide bonds. The summed E-state index contributed by atoms with van der Waals surface area (Å²) in [6, 6.07) is 12.4. The van der Waals surface area contributed by atoms with Gasteiger partial charge < -0.3 is 25.3 Å². The molecule has 4 aromatic rings. The number of benzene rings is 2. The van der Waals surface area contributed by atoms with Gasteiger partial charge in [0.1, 0.15) is 11.8 Å². The Morgan fingerprint density at radius 2 is 2.08 bits per heavy atom. The number of amides is 1. The third kappa shape index (κ3) is 5.32. The van der Waals surface area contributed by atoms with Crippen molar-refractivity contribution in [3.05, 3.63) is 72.3 Å². The van der Waals surface area contributed by atoms with Crippen LogP contribution in [0.5, 0.6) is 5.75 Å². The van der Waals surface area contributed by atoms with Crippen molar-refractivity contribution >= 4 is 34.1 Å². The highest BCUT2D eigenvalue weighted by Crippen LogP contribution is 2.34. The summed E-state index contributed by atoms with van der Waals surface area (Å²) < 4.78 is 19.9. The fourth-order valence-electron chi connectivity index (χ4n) is 3.58. The SMILES string of the molecule is COc1cc(F)c(NC(=O)/C=C/CN(C)C)cc1Nc1ncc(C#N)c(-c2c[nH]c3ccccc23)n1. The maximum Gasteiger partial charge on any atom is 0.248 e. The molecule has 4 rings (SSSR count). The molecule has 2 aromatic carbocycles. The standard InChI is InChI=1S/C26H24FN7O2/c1-34(2)10-6-9-24(35)31-21-12-22(23(36-3)11-19(21)27)32-26-30-14-16(13-28)25(33-26)18-15-29-20-8-5-4-7-17(18)20/h4-9,11-12,14-15,29H,10H2,1-3H3,(H,31,35)(H,30,32,33)/b9-6+. The van der Waals surface area contributed by atoms with Crippen molar-refractivity contribution in [2.24, 2.45) is 0 Å². The first-order valence-corrected chi connectivity index (χ1v) is 11.0. The van der Waals surface area contributed by atoms with Crippen LogP contribution in [0.2, 0.25) is 0 Å². The van der Waals surface area contributed by atoms with Gasteiger partial charge in [0.05, 0.1) is 35.9 Å². The van der Waals surface area contributed by atoms with Crippen molar-refractivity contribution in [2.75, 3.05) is 38.4 Å². The van der Waals surface area contributed by atoms with E-state index in [4.69, 9.17) is 4.74 Å². The van der Waals surface area contributed by atoms with Gasteiger partial charge in [0.25, 0.3) is 0 Å². The molecule has 0 aliphatic heterocycles. The smallest absolute Gasteiger partial charge is 0.248 e. The molecule has 0 saturated carbocycles. The van der Waals surface area contributed by atoms with Crippen molar-refractivity contribution in [3.63, 3.8) is 0 Å². The Kier molecular flexibility index (Phi) is 7.23. The van der Waals surface area contributed by atoms with Gasteiger partial charge >= 0.3 is 0 Å². The van der Waals surface area contributed by atoms with E-state index in [1.54, 1.807) is 12.3 Å². The second kappa shape index (κ2) is 10.7. The Hall–Kier alpha value is -4.75. The average Bonchev–Trinajstić information content (AvgIpc) is 3.29. The number of carbonyl (C=O) groups excluding carboxylic acids is 1. The van der Waals surface area contributed by atoms with Crippen LogP contribution in [-0.2, 0) is 4.79 Å². The molecule has 9 nitrogen and oxygen atoms in total. The van der Waals surface area contributed by atoms with Gasteiger partial charge in [-0.3, -0.25) is 4.79 Å². The Labute approximate surface area is 207 Å². The fourth-order valence-corrected chi connectivity index (χ4v) is 3.58. The summed E-state index contributed by atoms with van der Waals surface area (Å²) in [7, 11) is 5.15. The molecule has 182 valence electrons. The molecule has 10 heteroatoms. The monoisotopic (exact) mass is 485 g/mol. The van der Waals surface area contributed by atoms with E-state index in [0.717, 1.165) is 22.5 Å². The summed E-state index contributed by atoms with van der Waals surface area (Å²) in [4.78, 5) is 26.1. The average molecular weight is 486 g/mol. The number of rotatable bonds is 8. The number of carbonyl (C=O) groups is 1. The van der Waals surface area contributed by atoms with E-state index >= 15 is 0 Å². The highest BCUT2D eigenvalue weighted by Gasteiger charge is 2.17. The Bertz CT molecular complexity index is 1490. The van der Waals surface area contributed by atoms with Gasteiger partial charge in [0.15, 0.2) is 5.82 Å². The van der Waals surface area contributed by atoms with Gasteiger partial charge in [-0.25, -0.2) is 14.4 Å². The van der Waals surface area contributed by atoms with Crippen LogP contribution < -0.4 is 15.4 Å². The van der Waals surface area contributed by atoms with Crippen LogP contribution in [0, 0.1) is 17.1 Å². The van der Waals surface area contributed by atoms with E-state index in [1.165, 1.54) is 25.4 Å². The van der Waals surface area contributed by atoms with Crippen molar-refractivity contribution in [2.45, 2.75) is 0 Å². The maximum atomic E-state index is 14.6. The molecular weight excluding hydrogens is 461 g/mol. The molecular formula is C26H24FN7O2. The van der Waals surface area contributed by atoms with E-state index in [-0.39, 0.29) is 17.4 Å². The van der Waals surface area contributed by atoms with Gasteiger partial charge in [0.2, 0.25) is 11.9 Å². The summed E-state index contributed by atoms with van der Waals surface area (Å²) in [5, 5.41) is 16.1. The predicted octanol–water partition coefficient (Wildman–Crippen LogP) is 4.44. The topological polar surface area (TPSA) is 119 Å². The molecule has 0 saturated heterocycles. The van der Waals surface area contributed by atoms with Crippen molar-refractivity contribution < 1.29 is 13.9 Å². The lowest BCUT2D eigenvalue weighted by Gasteiger charge is -2.14. The van der Waals surface area contributed by atoms with Crippen molar-refractivity contribution in [1.82, 2.24) is 19.9 Å². The highest BCUT2D eigenvalue weighted by atomic mass is 19.1. The van der Waals surface area contributed by atoms with Gasteiger partial charge in [-0.05, 0) is 26.2 Å². The minimum Gasteiger partial charge on any atom is -0.494 e. The van der Waals surface area contributed by atoms with Crippen LogP contribution in [0.15, 0.2) is 60.9 Å². The second-order valence-electron chi connectivity index (χ2n) is 8.13. The Balaban J connectivity index is 1.66. The molecule has 3 N–H and O–H groups in total. The van der Waals surface area contributed by atoms with Crippen LogP contribution >= 0.6 is 0 Å². The molecule has 0 aliphatic rings. The number of hydrogen-bond donors (Lipinski definition) is 3. The summed E-state index contributed by atoms with van der Waals surface area (Å²) in [5.41, 5.74) is 2.69. The quantitative estimate of drug-likeness (QED) is 0.316. The molecule has 0 aliphatic carbocycles. The lowest BCUT2D eigenvalue weighted by Crippen LogP contribution is -2.13. The van der Waals surface area contributed by atoms with Crippen LogP contribution in [0.25, 0.3) is 22.2 Å². The number of methoxy groups -OCH3 is 1. The van der Waals surface area contributed by atoms with Gasteiger partial charge in [-0.15, -0.1) is 0 Å². The number of hydrogen-bond acceptors (Lipinski definition) is 7. The largest absolute Gasteiger partial charge is 0.494 e. The van der Waals surface area contributed by atoms with Crippen LogP contribution in [0.4, 0.5) is 21.7 Å². The lowest BCUT2D eigenvalue weighted by molar-refractivity contribution is -0.111. The number of nitrogens with one attached hydrogen (secondary N) is 3. The third-order valence-electron chi connectivity index (χ3n) is 5.29. The number of aromatic amines is 1. The first-order valence-electron chi connectivity index (χ1n) is 11.0. The predicted molar refractivity (Wildman–Crippen MR) is 137 cm³/mol. The van der Waals surface area contributed by atoms with Crippen LogP contribution in [0.1, 0.15) is 5.56 Å². The van der Waals surface area contributed by atoms with E-state index in [1.807, 2.05) is 43.3 Å². The zero-order valence-corrected chi connectivity index (χ0v) is 20.0. The van der Waals surface area contributed by atoms with E-state index in [0.29, 0.717) is 23.5 Å². The minimum atomic E-state index is -0.660. The molecule has 0 spiro atoms. The highest BCUT2D eigenvalue weighted by molar-refractivity contribution is 6.00. The van der Waals surface area contributed by atoms with Gasteiger partial charge in [0, 0.05) is 41.4 Å². The number of likely N-dealkylation sites (N-methyl/N-ethyl adjacent to an activating group) is 1. The number of fused-ring (bicyclic) bond motifs is 1.